The maximum Gasteiger partial charge on any atom is 0.264 e. The van der Waals surface area contributed by atoms with E-state index in [0.29, 0.717) is 35.2 Å². The van der Waals surface area contributed by atoms with Crippen LogP contribution in [-0.2, 0) is 20.0 Å². The van der Waals surface area contributed by atoms with Crippen molar-refractivity contribution in [3.8, 4) is 17.2 Å². The van der Waals surface area contributed by atoms with Crippen LogP contribution >= 0.6 is 0 Å². The van der Waals surface area contributed by atoms with E-state index in [-0.39, 0.29) is 25.3 Å². The monoisotopic (exact) mass is 548 g/mol. The summed E-state index contributed by atoms with van der Waals surface area (Å²) < 4.78 is 30.0. The van der Waals surface area contributed by atoms with Crippen LogP contribution in [0.15, 0.2) is 48.5 Å². The lowest BCUT2D eigenvalue weighted by Gasteiger charge is -2.34. The number of nitriles is 1. The zero-order valence-corrected chi connectivity index (χ0v) is 21.8. The van der Waals surface area contributed by atoms with Gasteiger partial charge in [0.1, 0.15) is 12.1 Å². The van der Waals surface area contributed by atoms with Crippen LogP contribution in [0.4, 0.5) is 8.78 Å². The van der Waals surface area contributed by atoms with Crippen LogP contribution in [-0.4, -0.2) is 58.8 Å². The Morgan fingerprint density at radius 1 is 1.12 bits per heavy atom. The van der Waals surface area contributed by atoms with E-state index in [1.165, 1.54) is 0 Å². The number of halogens is 2. The topological polar surface area (TPSA) is 123 Å². The Balaban J connectivity index is 1.33. The number of alkyl halides is 2. The van der Waals surface area contributed by atoms with Gasteiger partial charge in [0, 0.05) is 42.5 Å². The fraction of sp³-hybridized carbons (Fsp3) is 0.467. The molecule has 2 aromatic rings. The SMILES string of the molecule is N#C[C@@H](C[C@H]1CCCNC1=O)NC(=O)[C@@H]1[C@@H]2CCC(F)(F)[C@@H]2CN1C(=O)C1(O)c2ccccc2-c2ccccc21. The van der Waals surface area contributed by atoms with Crippen molar-refractivity contribution in [1.29, 1.82) is 5.26 Å². The van der Waals surface area contributed by atoms with Gasteiger partial charge in [-0.15, -0.1) is 0 Å². The molecule has 0 spiro atoms. The summed E-state index contributed by atoms with van der Waals surface area (Å²) >= 11 is 0. The fourth-order valence-electron chi connectivity index (χ4n) is 7.20. The number of benzene rings is 2. The Hall–Kier alpha value is -3.84. The van der Waals surface area contributed by atoms with E-state index >= 15 is 0 Å². The second kappa shape index (κ2) is 9.66. The van der Waals surface area contributed by atoms with Gasteiger partial charge in [0.25, 0.3) is 11.8 Å². The number of hydrogen-bond acceptors (Lipinski definition) is 5. The molecule has 2 heterocycles. The van der Waals surface area contributed by atoms with Crippen molar-refractivity contribution in [2.75, 3.05) is 13.1 Å². The van der Waals surface area contributed by atoms with Gasteiger partial charge in [-0.3, -0.25) is 14.4 Å². The molecule has 3 amide bonds. The van der Waals surface area contributed by atoms with Crippen LogP contribution in [0.2, 0.25) is 0 Å². The molecule has 8 nitrogen and oxygen atoms in total. The summed E-state index contributed by atoms with van der Waals surface area (Å²) in [5, 5.41) is 27.3. The quantitative estimate of drug-likeness (QED) is 0.531. The number of amides is 3. The summed E-state index contributed by atoms with van der Waals surface area (Å²) in [7, 11) is 0. The van der Waals surface area contributed by atoms with Gasteiger partial charge in [-0.2, -0.15) is 5.26 Å². The normalized spacial score (nSPS) is 28.1. The highest BCUT2D eigenvalue weighted by atomic mass is 19.3. The molecule has 5 atom stereocenters. The summed E-state index contributed by atoms with van der Waals surface area (Å²) in [6.07, 6.45) is 1.07. The zero-order chi connectivity index (χ0) is 28.2. The number of nitrogens with zero attached hydrogens (tertiary/aromatic N) is 2. The molecule has 2 aliphatic carbocycles. The van der Waals surface area contributed by atoms with Crippen LogP contribution in [0.25, 0.3) is 11.1 Å². The lowest BCUT2D eigenvalue weighted by Crippen LogP contribution is -2.56. The first-order chi connectivity index (χ1) is 19.2. The number of aliphatic hydroxyl groups is 1. The second-order valence-electron chi connectivity index (χ2n) is 11.3. The molecule has 0 aromatic heterocycles. The molecule has 4 aliphatic rings. The summed E-state index contributed by atoms with van der Waals surface area (Å²) in [6.45, 7) is 0.175. The van der Waals surface area contributed by atoms with Gasteiger partial charge in [-0.1, -0.05) is 48.5 Å². The first-order valence-corrected chi connectivity index (χ1v) is 13.7. The minimum Gasteiger partial charge on any atom is -0.372 e. The summed E-state index contributed by atoms with van der Waals surface area (Å²) in [6, 6.07) is 13.5. The van der Waals surface area contributed by atoms with Gasteiger partial charge in [-0.25, -0.2) is 8.78 Å². The predicted octanol–water partition coefficient (Wildman–Crippen LogP) is 2.70. The predicted molar refractivity (Wildman–Crippen MR) is 139 cm³/mol. The van der Waals surface area contributed by atoms with Gasteiger partial charge in [0.15, 0.2) is 5.60 Å². The van der Waals surface area contributed by atoms with E-state index in [1.54, 1.807) is 48.5 Å². The highest BCUT2D eigenvalue weighted by Crippen LogP contribution is 2.54. The van der Waals surface area contributed by atoms with Crippen LogP contribution < -0.4 is 10.6 Å². The number of hydrogen-bond donors (Lipinski definition) is 3. The Labute approximate surface area is 230 Å². The van der Waals surface area contributed by atoms with Crippen molar-refractivity contribution in [3.63, 3.8) is 0 Å². The van der Waals surface area contributed by atoms with Crippen molar-refractivity contribution in [1.82, 2.24) is 15.5 Å². The number of likely N-dealkylation sites (tertiary alicyclic amines) is 1. The zero-order valence-electron chi connectivity index (χ0n) is 21.8. The molecule has 208 valence electrons. The maximum atomic E-state index is 15.0. The van der Waals surface area contributed by atoms with E-state index in [1.807, 2.05) is 6.07 Å². The van der Waals surface area contributed by atoms with E-state index < -0.39 is 59.6 Å². The van der Waals surface area contributed by atoms with Crippen LogP contribution in [0, 0.1) is 29.1 Å². The van der Waals surface area contributed by atoms with Gasteiger partial charge in [-0.05, 0) is 42.7 Å². The minimum absolute atomic E-state index is 0.0351. The molecule has 6 rings (SSSR count). The number of rotatable bonds is 5. The van der Waals surface area contributed by atoms with Gasteiger partial charge < -0.3 is 20.6 Å². The van der Waals surface area contributed by atoms with Gasteiger partial charge in [0.05, 0.1) is 6.07 Å². The molecule has 0 bridgehead atoms. The summed E-state index contributed by atoms with van der Waals surface area (Å²) in [5.41, 5.74) is -0.163. The van der Waals surface area contributed by atoms with Crippen molar-refractivity contribution < 1.29 is 28.3 Å². The molecular formula is C30H30F2N4O4. The van der Waals surface area contributed by atoms with Crippen LogP contribution in [0.5, 0.6) is 0 Å². The fourth-order valence-corrected chi connectivity index (χ4v) is 7.20. The van der Waals surface area contributed by atoms with E-state index in [4.69, 9.17) is 0 Å². The van der Waals surface area contributed by atoms with Gasteiger partial charge >= 0.3 is 0 Å². The molecule has 0 radical (unpaired) electrons. The van der Waals surface area contributed by atoms with Crippen LogP contribution in [0.3, 0.4) is 0 Å². The first-order valence-electron chi connectivity index (χ1n) is 13.7. The summed E-state index contributed by atoms with van der Waals surface area (Å²) in [4.78, 5) is 41.4. The van der Waals surface area contributed by atoms with Crippen molar-refractivity contribution >= 4 is 17.7 Å². The van der Waals surface area contributed by atoms with Crippen molar-refractivity contribution in [2.24, 2.45) is 17.8 Å². The van der Waals surface area contributed by atoms with E-state index in [2.05, 4.69) is 10.6 Å². The van der Waals surface area contributed by atoms with Crippen LogP contribution in [0.1, 0.15) is 43.2 Å². The lowest BCUT2D eigenvalue weighted by atomic mass is 9.88. The standard InChI is InChI=1S/C30H30F2N4O4/c31-29(32)12-11-21-24(29)16-36(25(21)27(38)35-18(15-33)14-17-6-5-13-34-26(17)37)28(39)30(40)22-9-3-1-7-19(22)20-8-2-4-10-23(20)30/h1-4,7-10,17-18,21,24-25,40H,5-6,11-14,16H2,(H,34,37)(H,35,38)/t17-,18-,21-,24-,25+/m1/s1. The van der Waals surface area contributed by atoms with E-state index in [0.717, 1.165) is 11.3 Å². The van der Waals surface area contributed by atoms with Gasteiger partial charge in [0.2, 0.25) is 11.8 Å². The molecule has 2 saturated heterocycles. The molecule has 1 saturated carbocycles. The average Bonchev–Trinajstić information content (AvgIpc) is 3.58. The van der Waals surface area contributed by atoms with E-state index in [9.17, 15) is 33.5 Å². The number of carbonyl (C=O) groups excluding carboxylic acids is 3. The largest absolute Gasteiger partial charge is 0.372 e. The molecule has 3 fully saturated rings. The maximum absolute atomic E-state index is 15.0. The number of carbonyl (C=O) groups is 3. The molecular weight excluding hydrogens is 518 g/mol. The lowest BCUT2D eigenvalue weighted by molar-refractivity contribution is -0.153. The Kier molecular flexibility index (Phi) is 6.37. The van der Waals surface area contributed by atoms with Crippen molar-refractivity contribution in [3.05, 3.63) is 59.7 Å². The number of nitrogens with one attached hydrogen (secondary N) is 2. The smallest absolute Gasteiger partial charge is 0.264 e. The summed E-state index contributed by atoms with van der Waals surface area (Å²) in [5.74, 6) is -7.33. The minimum atomic E-state index is -3.07. The molecule has 0 unspecified atom stereocenters. The molecule has 3 N–H and O–H groups in total. The highest BCUT2D eigenvalue weighted by Gasteiger charge is 2.63. The molecule has 40 heavy (non-hydrogen) atoms. The first kappa shape index (κ1) is 26.4. The molecule has 2 aromatic carbocycles. The van der Waals surface area contributed by atoms with Crippen molar-refractivity contribution in [2.45, 2.75) is 55.7 Å². The molecule has 2 aliphatic heterocycles. The average molecular weight is 549 g/mol. The second-order valence-corrected chi connectivity index (χ2v) is 11.3. The highest BCUT2D eigenvalue weighted by molar-refractivity contribution is 6.01. The molecule has 10 heteroatoms. The third-order valence-corrected chi connectivity index (χ3v) is 9.16. The number of fused-ring (bicyclic) bond motifs is 4. The Bertz CT molecular complexity index is 1380. The third-order valence-electron chi connectivity index (χ3n) is 9.16. The third kappa shape index (κ3) is 3.98. The Morgan fingerprint density at radius 2 is 1.77 bits per heavy atom. The number of piperidine rings is 1. The Morgan fingerprint density at radius 3 is 2.40 bits per heavy atom.